The first-order chi connectivity index (χ1) is 41.5. The Labute approximate surface area is 507 Å². The largest absolute Gasteiger partial charge is 0.448 e. The maximum absolute atomic E-state index is 16.0. The van der Waals surface area contributed by atoms with Gasteiger partial charge in [-0.15, -0.1) is 34.9 Å². The fourth-order valence-corrected chi connectivity index (χ4v) is 15.0. The summed E-state index contributed by atoms with van der Waals surface area (Å²) in [6.07, 6.45) is 0.829. The first kappa shape index (κ1) is 56.9. The molecule has 9 aromatic rings. The lowest BCUT2D eigenvalue weighted by Crippen LogP contribution is -2.78. The Balaban J connectivity index is 0.966. The molecule has 2 unspecified atom stereocenters. The number of esters is 1. The molecule has 0 bridgehead atoms. The third-order valence-corrected chi connectivity index (χ3v) is 19.0. The van der Waals surface area contributed by atoms with E-state index >= 15 is 14.4 Å². The van der Waals surface area contributed by atoms with Crippen molar-refractivity contribution in [1.29, 1.82) is 0 Å². The van der Waals surface area contributed by atoms with E-state index in [-0.39, 0.29) is 22.9 Å². The van der Waals surface area contributed by atoms with Gasteiger partial charge in [-0.2, -0.15) is 0 Å². The van der Waals surface area contributed by atoms with Crippen molar-refractivity contribution < 1.29 is 33.4 Å². The summed E-state index contributed by atoms with van der Waals surface area (Å²) in [5.74, 6) is -2.64. The average molecular weight is 1180 g/mol. The number of carbonyl (C=O) groups is 3. The van der Waals surface area contributed by atoms with Crippen LogP contribution in [0.5, 0.6) is 0 Å². The maximum Gasteiger partial charge on any atom is 0.356 e. The molecule has 8 aromatic carbocycles. The van der Waals surface area contributed by atoms with Gasteiger partial charge in [-0.25, -0.2) is 9.78 Å². The Kier molecular flexibility index (Phi) is 16.4. The average Bonchev–Trinajstić information content (AvgIpc) is 1.04. The predicted molar refractivity (Wildman–Crippen MR) is 337 cm³/mol. The number of thiazole rings is 1. The van der Waals surface area contributed by atoms with Gasteiger partial charge in [0.25, 0.3) is 11.8 Å². The second-order valence-electron chi connectivity index (χ2n) is 21.2. The first-order valence-electron chi connectivity index (χ1n) is 28.1. The van der Waals surface area contributed by atoms with Gasteiger partial charge in [0.15, 0.2) is 27.6 Å². The van der Waals surface area contributed by atoms with Gasteiger partial charge in [0.1, 0.15) is 22.3 Å². The standard InChI is InChI=1S/C70H61N5O7S3/c1-67(2)79-45-44-58(81-67)56-46-84-65-70(83-3,64(78)75(65)60(56)63(77)80-61(48-28-12-4-13-29-48)49-30-14-5-15-31-49)72-62(76)59(74-82-69(53-38-22-9-23-39-53,54-40-24-10-25-41-54)55-42-26-11-27-43-55)57-47-85-66(71-57)73-68(50-32-16-6-17-33-50,51-34-18-7-19-35-51)52-36-20-8-21-37-52/h4-43,47,58,61,65H,44-46H2,1-3H3,(H,71,73)(H,72,76)/b74-59-/t58?,65-,70?/m0/s1. The SMILES string of the molecule is CSC1(NC(=O)/C(=N\OC(c2ccccc2)(c2ccccc2)c2ccccc2)c2csc(NC(c3ccccc3)(c3ccccc3)c3ccccc3)n2)C(=O)N2C(C(=O)OC(c3ccccc3)c3ccccc3)=C(C3CCOC(C)(C)O3)CS[C@H]21. The Morgan fingerprint density at radius 1 is 0.671 bits per heavy atom. The van der Waals surface area contributed by atoms with E-state index in [0.717, 1.165) is 44.5 Å². The quantitative estimate of drug-likeness (QED) is 0.0200. The molecule has 12 nitrogen and oxygen atoms in total. The number of ether oxygens (including phenoxy) is 3. The predicted octanol–water partition coefficient (Wildman–Crippen LogP) is 13.5. The molecule has 85 heavy (non-hydrogen) atoms. The smallest absolute Gasteiger partial charge is 0.356 e. The van der Waals surface area contributed by atoms with E-state index in [1.54, 1.807) is 11.6 Å². The molecule has 0 radical (unpaired) electrons. The van der Waals surface area contributed by atoms with E-state index in [1.165, 1.54) is 39.8 Å². The number of benzene rings is 8. The lowest BCUT2D eigenvalue weighted by Gasteiger charge is -2.57. The number of oxime groups is 1. The van der Waals surface area contributed by atoms with E-state index in [0.29, 0.717) is 23.7 Å². The van der Waals surface area contributed by atoms with E-state index in [4.69, 9.17) is 29.2 Å². The second kappa shape index (κ2) is 24.6. The van der Waals surface area contributed by atoms with Crippen LogP contribution in [0.25, 0.3) is 0 Å². The number of nitrogens with zero attached hydrogens (tertiary/aromatic N) is 3. The number of fused-ring (bicyclic) bond motifs is 1. The number of anilines is 1. The highest BCUT2D eigenvalue weighted by Gasteiger charge is 2.66. The van der Waals surface area contributed by atoms with Crippen molar-refractivity contribution in [2.45, 2.75) is 59.6 Å². The number of amides is 2. The number of hydrogen-bond acceptors (Lipinski definition) is 13. The van der Waals surface area contributed by atoms with Gasteiger partial charge in [0.2, 0.25) is 5.60 Å². The monoisotopic (exact) mass is 1180 g/mol. The summed E-state index contributed by atoms with van der Waals surface area (Å²) in [6, 6.07) is 78.9. The molecule has 1 aromatic heterocycles. The topological polar surface area (TPSA) is 141 Å². The highest BCUT2D eigenvalue weighted by molar-refractivity contribution is 8.05. The van der Waals surface area contributed by atoms with Crippen molar-refractivity contribution in [2.24, 2.45) is 5.16 Å². The Hall–Kier alpha value is -8.57. The van der Waals surface area contributed by atoms with Gasteiger partial charge in [0.05, 0.1) is 12.7 Å². The second-order valence-corrected chi connectivity index (χ2v) is 24.2. The van der Waals surface area contributed by atoms with Crippen LogP contribution in [0.1, 0.15) is 76.6 Å². The molecule has 3 atom stereocenters. The van der Waals surface area contributed by atoms with Crippen LogP contribution in [0.3, 0.4) is 0 Å². The molecule has 2 fully saturated rings. The fraction of sp³-hybridized carbons (Fsp3) is 0.186. The maximum atomic E-state index is 16.0. The molecular weight excluding hydrogens is 1120 g/mol. The van der Waals surface area contributed by atoms with Crippen LogP contribution >= 0.6 is 34.9 Å². The van der Waals surface area contributed by atoms with Crippen LogP contribution in [0.2, 0.25) is 0 Å². The molecule has 15 heteroatoms. The summed E-state index contributed by atoms with van der Waals surface area (Å²) in [5.41, 5.74) is 4.96. The Morgan fingerprint density at radius 3 is 1.56 bits per heavy atom. The minimum Gasteiger partial charge on any atom is -0.448 e. The minimum atomic E-state index is -1.62. The van der Waals surface area contributed by atoms with Crippen LogP contribution in [-0.2, 0) is 44.6 Å². The number of carbonyl (C=O) groups excluding carboxylic acids is 3. The van der Waals surface area contributed by atoms with Crippen LogP contribution in [0.4, 0.5) is 5.13 Å². The highest BCUT2D eigenvalue weighted by Crippen LogP contribution is 2.53. The number of rotatable bonds is 19. The van der Waals surface area contributed by atoms with E-state index in [2.05, 4.69) is 47.0 Å². The molecule has 12 rings (SSSR count). The summed E-state index contributed by atoms with van der Waals surface area (Å²) in [6.45, 7) is 4.04. The van der Waals surface area contributed by atoms with E-state index < -0.39 is 57.2 Å². The van der Waals surface area contributed by atoms with Crippen molar-refractivity contribution in [3.63, 3.8) is 0 Å². The number of nitrogens with one attached hydrogen (secondary N) is 2. The zero-order valence-electron chi connectivity index (χ0n) is 46.9. The van der Waals surface area contributed by atoms with Crippen molar-refractivity contribution in [3.05, 3.63) is 310 Å². The normalized spacial score (nSPS) is 18.7. The highest BCUT2D eigenvalue weighted by atomic mass is 32.2. The number of β-lactam (4-membered cyclic amide) rings is 1. The number of aromatic nitrogens is 1. The van der Waals surface area contributed by atoms with E-state index in [1.807, 2.05) is 220 Å². The van der Waals surface area contributed by atoms with Crippen molar-refractivity contribution in [2.75, 3.05) is 23.9 Å². The van der Waals surface area contributed by atoms with Gasteiger partial charge in [0, 0.05) is 34.2 Å². The van der Waals surface area contributed by atoms with Crippen LogP contribution in [0, 0.1) is 0 Å². The van der Waals surface area contributed by atoms with E-state index in [9.17, 15) is 0 Å². The lowest BCUT2D eigenvalue weighted by molar-refractivity contribution is -0.265. The van der Waals surface area contributed by atoms with Crippen molar-refractivity contribution in [1.82, 2.24) is 15.2 Å². The molecule has 2 N–H and O–H groups in total. The van der Waals surface area contributed by atoms with Crippen LogP contribution < -0.4 is 10.6 Å². The molecule has 0 aliphatic carbocycles. The van der Waals surface area contributed by atoms with Crippen LogP contribution in [0.15, 0.2) is 264 Å². The third-order valence-electron chi connectivity index (χ3n) is 15.6. The Morgan fingerprint density at radius 2 is 1.12 bits per heavy atom. The lowest BCUT2D eigenvalue weighted by atomic mass is 9.77. The number of hydrogen-bond donors (Lipinski definition) is 2. The zero-order chi connectivity index (χ0) is 58.4. The third kappa shape index (κ3) is 11.0. The molecule has 2 saturated heterocycles. The molecule has 3 aliphatic heterocycles. The van der Waals surface area contributed by atoms with Crippen LogP contribution in [-0.4, -0.2) is 74.1 Å². The molecule has 3 aliphatic rings. The first-order valence-corrected chi connectivity index (χ1v) is 31.2. The summed E-state index contributed by atoms with van der Waals surface area (Å²) in [5, 5.41) is 13.5. The summed E-state index contributed by atoms with van der Waals surface area (Å²) < 4.78 is 19.1. The van der Waals surface area contributed by atoms with Gasteiger partial charge in [-0.3, -0.25) is 14.5 Å². The molecule has 4 heterocycles. The fourth-order valence-electron chi connectivity index (χ4n) is 11.6. The molecule has 426 valence electrons. The van der Waals surface area contributed by atoms with Crippen molar-refractivity contribution in [3.8, 4) is 0 Å². The molecule has 2 amide bonds. The molecule has 0 spiro atoms. The van der Waals surface area contributed by atoms with Gasteiger partial charge < -0.3 is 29.7 Å². The van der Waals surface area contributed by atoms with Gasteiger partial charge >= 0.3 is 5.97 Å². The molecule has 0 saturated carbocycles. The summed E-state index contributed by atoms with van der Waals surface area (Å²) in [7, 11) is 0. The minimum absolute atomic E-state index is 0.0803. The summed E-state index contributed by atoms with van der Waals surface area (Å²) >= 11 is 3.92. The Bertz CT molecular complexity index is 3610. The van der Waals surface area contributed by atoms with Gasteiger partial charge in [-0.1, -0.05) is 248 Å². The summed E-state index contributed by atoms with van der Waals surface area (Å²) in [4.78, 5) is 59.1. The van der Waals surface area contributed by atoms with Gasteiger partial charge in [-0.05, 0) is 53.5 Å². The number of thioether (sulfide) groups is 2. The molecular formula is C70H61N5O7S3. The van der Waals surface area contributed by atoms with Crippen molar-refractivity contribution >= 4 is 63.5 Å². The zero-order valence-corrected chi connectivity index (χ0v) is 49.4.